The molecule has 0 unspecified atom stereocenters. The predicted octanol–water partition coefficient (Wildman–Crippen LogP) is 1.40. The molecule has 0 saturated heterocycles. The van der Waals surface area contributed by atoms with E-state index in [1.807, 2.05) is 0 Å². The van der Waals surface area contributed by atoms with Crippen LogP contribution in [0.15, 0.2) is 27.3 Å². The Bertz CT molecular complexity index is 722. The molecule has 0 saturated carbocycles. The smallest absolute Gasteiger partial charge is 0.459 e. The summed E-state index contributed by atoms with van der Waals surface area (Å²) in [5, 5.41) is 7.52. The van der Waals surface area contributed by atoms with Crippen LogP contribution in [0.1, 0.15) is 19.7 Å². The minimum Gasteiger partial charge on any atom is -0.459 e. The first-order valence-electron chi connectivity index (χ1n) is 6.63. The second-order valence-corrected chi connectivity index (χ2v) is 5.25. The van der Waals surface area contributed by atoms with Crippen molar-refractivity contribution in [3.8, 4) is 11.7 Å². The molecule has 2 amide bonds. The van der Waals surface area contributed by atoms with Gasteiger partial charge in [0.05, 0.1) is 12.8 Å². The van der Waals surface area contributed by atoms with E-state index in [4.69, 9.17) is 8.94 Å². The highest BCUT2D eigenvalue weighted by Gasteiger charge is 2.43. The van der Waals surface area contributed by atoms with Gasteiger partial charge in [0, 0.05) is 0 Å². The number of amides is 2. The summed E-state index contributed by atoms with van der Waals surface area (Å²) in [5.41, 5.74) is -1.78. The van der Waals surface area contributed by atoms with Gasteiger partial charge in [-0.1, -0.05) is 5.16 Å². The third-order valence-electron chi connectivity index (χ3n) is 2.86. The van der Waals surface area contributed by atoms with Crippen LogP contribution in [-0.2, 0) is 16.1 Å². The summed E-state index contributed by atoms with van der Waals surface area (Å²) in [6, 6.07) is 3.21. The number of nitrogens with zero attached hydrogens (tertiary/aromatic N) is 2. The fraction of sp³-hybridized carbons (Fsp3) is 0.385. The van der Waals surface area contributed by atoms with E-state index in [1.54, 1.807) is 17.4 Å². The highest BCUT2D eigenvalue weighted by atomic mass is 19.4. The van der Waals surface area contributed by atoms with Gasteiger partial charge in [0.25, 0.3) is 5.89 Å². The van der Waals surface area contributed by atoms with Crippen molar-refractivity contribution in [2.24, 2.45) is 0 Å². The lowest BCUT2D eigenvalue weighted by Gasteiger charge is -2.25. The van der Waals surface area contributed by atoms with Gasteiger partial charge in [-0.2, -0.15) is 18.2 Å². The SMILES string of the molecule is CC(C)(NC(=O)C(F)(F)F)C(=O)NCc1noc(-c2ccco2)n1. The van der Waals surface area contributed by atoms with Crippen molar-refractivity contribution >= 4 is 11.8 Å². The van der Waals surface area contributed by atoms with Gasteiger partial charge in [0.2, 0.25) is 5.91 Å². The van der Waals surface area contributed by atoms with Crippen LogP contribution in [0.4, 0.5) is 13.2 Å². The second kappa shape index (κ2) is 6.34. The third kappa shape index (κ3) is 4.12. The molecule has 0 aliphatic carbocycles. The molecular weight excluding hydrogens is 333 g/mol. The summed E-state index contributed by atoms with van der Waals surface area (Å²) in [6.07, 6.45) is -3.67. The minimum atomic E-state index is -5.08. The van der Waals surface area contributed by atoms with E-state index in [-0.39, 0.29) is 18.3 Å². The van der Waals surface area contributed by atoms with E-state index < -0.39 is 23.5 Å². The van der Waals surface area contributed by atoms with Crippen molar-refractivity contribution in [1.82, 2.24) is 20.8 Å². The molecule has 0 aromatic carbocycles. The summed E-state index contributed by atoms with van der Waals surface area (Å²) in [4.78, 5) is 26.8. The quantitative estimate of drug-likeness (QED) is 0.847. The highest BCUT2D eigenvalue weighted by Crippen LogP contribution is 2.18. The molecule has 0 aliphatic rings. The first-order valence-corrected chi connectivity index (χ1v) is 6.63. The summed E-state index contributed by atoms with van der Waals surface area (Å²) in [7, 11) is 0. The van der Waals surface area contributed by atoms with Crippen molar-refractivity contribution in [2.75, 3.05) is 0 Å². The first kappa shape index (κ1) is 17.5. The van der Waals surface area contributed by atoms with Crippen LogP contribution in [0, 0.1) is 0 Å². The fourth-order valence-electron chi connectivity index (χ4n) is 1.62. The Morgan fingerprint density at radius 1 is 1.25 bits per heavy atom. The van der Waals surface area contributed by atoms with Crippen molar-refractivity contribution < 1.29 is 31.7 Å². The first-order chi connectivity index (χ1) is 11.1. The summed E-state index contributed by atoms with van der Waals surface area (Å²) >= 11 is 0. The van der Waals surface area contributed by atoms with Crippen LogP contribution in [0.5, 0.6) is 0 Å². The number of alkyl halides is 3. The van der Waals surface area contributed by atoms with Gasteiger partial charge in [-0.25, -0.2) is 0 Å². The highest BCUT2D eigenvalue weighted by molar-refractivity contribution is 5.92. The van der Waals surface area contributed by atoms with Gasteiger partial charge in [0.15, 0.2) is 11.6 Å². The van der Waals surface area contributed by atoms with Crippen LogP contribution >= 0.6 is 0 Å². The zero-order chi connectivity index (χ0) is 18.0. The van der Waals surface area contributed by atoms with Gasteiger partial charge < -0.3 is 19.6 Å². The van der Waals surface area contributed by atoms with Gasteiger partial charge in [-0.05, 0) is 26.0 Å². The third-order valence-corrected chi connectivity index (χ3v) is 2.86. The van der Waals surface area contributed by atoms with Gasteiger partial charge >= 0.3 is 12.1 Å². The number of aromatic nitrogens is 2. The molecular formula is C13H13F3N4O4. The van der Waals surface area contributed by atoms with E-state index >= 15 is 0 Å². The number of carbonyl (C=O) groups excluding carboxylic acids is 2. The number of carbonyl (C=O) groups is 2. The van der Waals surface area contributed by atoms with Crippen molar-refractivity contribution in [3.05, 3.63) is 24.2 Å². The number of rotatable bonds is 5. The average Bonchev–Trinajstić information content (AvgIpc) is 3.14. The Morgan fingerprint density at radius 2 is 1.96 bits per heavy atom. The monoisotopic (exact) mass is 346 g/mol. The average molecular weight is 346 g/mol. The van der Waals surface area contributed by atoms with Gasteiger partial charge in [0.1, 0.15) is 5.54 Å². The molecule has 2 aromatic rings. The second-order valence-electron chi connectivity index (χ2n) is 5.25. The molecule has 0 atom stereocenters. The van der Waals surface area contributed by atoms with Crippen LogP contribution in [0.3, 0.4) is 0 Å². The number of nitrogens with one attached hydrogen (secondary N) is 2. The lowest BCUT2D eigenvalue weighted by atomic mass is 10.0. The largest absolute Gasteiger partial charge is 0.471 e. The molecule has 2 rings (SSSR count). The van der Waals surface area contributed by atoms with E-state index in [2.05, 4.69) is 15.5 Å². The maximum atomic E-state index is 12.2. The molecule has 0 bridgehead atoms. The standard InChI is InChI=1S/C13H13F3N4O4/c1-12(2,19-11(22)13(14,15)16)10(21)17-6-8-18-9(24-20-8)7-4-3-5-23-7/h3-5H,6H2,1-2H3,(H,17,21)(H,19,22). The summed E-state index contributed by atoms with van der Waals surface area (Å²) < 4.78 is 46.7. The Morgan fingerprint density at radius 3 is 2.54 bits per heavy atom. The Labute approximate surface area is 133 Å². The van der Waals surface area contributed by atoms with Crippen molar-refractivity contribution in [3.63, 3.8) is 0 Å². The molecule has 8 nitrogen and oxygen atoms in total. The Kier molecular flexibility index (Phi) is 4.62. The van der Waals surface area contributed by atoms with Crippen LogP contribution in [-0.4, -0.2) is 33.7 Å². The predicted molar refractivity (Wildman–Crippen MR) is 72.1 cm³/mol. The molecule has 2 aromatic heterocycles. The maximum absolute atomic E-state index is 12.2. The van der Waals surface area contributed by atoms with E-state index in [9.17, 15) is 22.8 Å². The number of furan rings is 1. The van der Waals surface area contributed by atoms with Gasteiger partial charge in [-0.3, -0.25) is 9.59 Å². The number of hydrogen-bond donors (Lipinski definition) is 2. The fourth-order valence-corrected chi connectivity index (χ4v) is 1.62. The minimum absolute atomic E-state index is 0.0905. The summed E-state index contributed by atoms with van der Waals surface area (Å²) in [6.45, 7) is 2.07. The van der Waals surface area contributed by atoms with Crippen molar-refractivity contribution in [2.45, 2.75) is 32.1 Å². The molecule has 24 heavy (non-hydrogen) atoms. The molecule has 0 fully saturated rings. The van der Waals surface area contributed by atoms with Crippen molar-refractivity contribution in [1.29, 1.82) is 0 Å². The molecule has 2 heterocycles. The Balaban J connectivity index is 1.94. The molecule has 11 heteroatoms. The number of hydrogen-bond acceptors (Lipinski definition) is 6. The van der Waals surface area contributed by atoms with E-state index in [1.165, 1.54) is 6.26 Å². The van der Waals surface area contributed by atoms with E-state index in [0.717, 1.165) is 13.8 Å². The lowest BCUT2D eigenvalue weighted by Crippen LogP contribution is -2.57. The number of halogens is 3. The normalized spacial score (nSPS) is 12.0. The van der Waals surface area contributed by atoms with Gasteiger partial charge in [-0.15, -0.1) is 0 Å². The van der Waals surface area contributed by atoms with E-state index in [0.29, 0.717) is 5.76 Å². The van der Waals surface area contributed by atoms with Crippen LogP contribution in [0.25, 0.3) is 11.7 Å². The summed E-state index contributed by atoms with van der Waals surface area (Å²) in [5.74, 6) is -2.54. The Hall–Kier alpha value is -2.85. The zero-order valence-electron chi connectivity index (χ0n) is 12.6. The maximum Gasteiger partial charge on any atom is 0.471 e. The molecule has 0 radical (unpaired) electrons. The zero-order valence-corrected chi connectivity index (χ0v) is 12.6. The molecule has 2 N–H and O–H groups in total. The lowest BCUT2D eigenvalue weighted by molar-refractivity contribution is -0.176. The molecule has 0 spiro atoms. The van der Waals surface area contributed by atoms with Crippen LogP contribution in [0.2, 0.25) is 0 Å². The molecule has 0 aliphatic heterocycles. The topological polar surface area (TPSA) is 110 Å². The van der Waals surface area contributed by atoms with Crippen LogP contribution < -0.4 is 10.6 Å². The molecule has 130 valence electrons.